The third kappa shape index (κ3) is 8.11. The molecule has 0 aliphatic heterocycles. The molecule has 0 aliphatic rings. The Labute approximate surface area is 317 Å². The van der Waals surface area contributed by atoms with Gasteiger partial charge in [0.1, 0.15) is 6.07 Å². The van der Waals surface area contributed by atoms with E-state index in [1.165, 1.54) is 9.26 Å². The van der Waals surface area contributed by atoms with E-state index >= 15 is 0 Å². The Kier molecular flexibility index (Phi) is 10.7. The Morgan fingerprint density at radius 3 is 1.40 bits per heavy atom. The van der Waals surface area contributed by atoms with Gasteiger partial charge in [-0.25, -0.2) is 15.0 Å². The summed E-state index contributed by atoms with van der Waals surface area (Å²) in [4.78, 5) is 12.3. The topological polar surface area (TPSA) is 220 Å². The molecule has 6 rings (SSSR count). The van der Waals surface area contributed by atoms with E-state index in [0.717, 1.165) is 11.4 Å². The van der Waals surface area contributed by atoms with Gasteiger partial charge in [0.25, 0.3) is 0 Å². The number of rotatable bonds is 4. The third-order valence-corrected chi connectivity index (χ3v) is 7.60. The molecule has 1 radical (unpaired) electrons. The average Bonchev–Trinajstić information content (AvgIpc) is 3.83. The van der Waals surface area contributed by atoms with E-state index in [4.69, 9.17) is 6.57 Å². The van der Waals surface area contributed by atoms with Crippen molar-refractivity contribution in [1.82, 2.24) is 60.0 Å². The van der Waals surface area contributed by atoms with Crippen molar-refractivity contribution in [2.75, 3.05) is 0 Å². The summed E-state index contributed by atoms with van der Waals surface area (Å²) in [6, 6.07) is 2.14. The monoisotopic (exact) mass is 761 g/mol. The summed E-state index contributed by atoms with van der Waals surface area (Å²) in [5, 5.41) is 60.4. The molecule has 0 bridgehead atoms. The van der Waals surface area contributed by atoms with Crippen molar-refractivity contribution in [2.24, 2.45) is 20.5 Å². The quantitative estimate of drug-likeness (QED) is 0.130. The van der Waals surface area contributed by atoms with Gasteiger partial charge in [-0.2, -0.15) is 5.26 Å². The Morgan fingerprint density at radius 2 is 1.00 bits per heavy atom. The number of hydrogen-bond acceptors (Lipinski definition) is 11. The van der Waals surface area contributed by atoms with E-state index in [9.17, 15) is 5.26 Å². The number of nitriles is 1. The SMILES string of the molecule is Cc1nn2nc(C(C)(C)C)c(N=Nc3[n-]nc(C(C)(C)C)c3C#N)c2[n-]1.[C-]#[N+]c1c(C(C)(C)C)n[n-]c1N=Nc1c(C(C)(C)C)nn2nc(C)[n-]c12.[Co]. The zero-order chi connectivity index (χ0) is 38.6. The number of hydrogen-bond donors (Lipinski definition) is 0. The minimum atomic E-state index is -0.304. The number of fused-ring (bicyclic) bond motifs is 2. The summed E-state index contributed by atoms with van der Waals surface area (Å²) < 4.78 is 2.93. The fourth-order valence-corrected chi connectivity index (χ4v) is 5.10. The zero-order valence-electron chi connectivity index (χ0n) is 32.4. The first-order valence-electron chi connectivity index (χ1n) is 16.5. The molecule has 0 unspecified atom stereocenters. The summed E-state index contributed by atoms with van der Waals surface area (Å²) in [7, 11) is 0. The number of azo groups is 2. The van der Waals surface area contributed by atoms with Crippen LogP contribution < -0.4 is 20.2 Å². The summed E-state index contributed by atoms with van der Waals surface area (Å²) in [6.07, 6.45) is 0. The van der Waals surface area contributed by atoms with Crippen molar-refractivity contribution < 1.29 is 16.8 Å². The minimum absolute atomic E-state index is 0. The van der Waals surface area contributed by atoms with Gasteiger partial charge in [0.05, 0.1) is 57.6 Å². The first-order valence-corrected chi connectivity index (χ1v) is 16.5. The van der Waals surface area contributed by atoms with E-state index < -0.39 is 0 Å². The van der Waals surface area contributed by atoms with E-state index in [-0.39, 0.29) is 50.1 Å². The molecular formula is C34H42CoN18-4. The Hall–Kier alpha value is -5.53. The number of aromatic nitrogens is 12. The number of aryl methyl sites for hydroxylation is 2. The molecule has 281 valence electrons. The van der Waals surface area contributed by atoms with E-state index in [2.05, 4.69) is 82.1 Å². The molecule has 0 saturated heterocycles. The molecule has 0 amide bonds. The van der Waals surface area contributed by atoms with Crippen molar-refractivity contribution in [3.63, 3.8) is 0 Å². The predicted molar refractivity (Wildman–Crippen MR) is 191 cm³/mol. The van der Waals surface area contributed by atoms with Gasteiger partial charge in [-0.3, -0.25) is 29.7 Å². The number of nitrogens with zero attached hydrogens (tertiary/aromatic N) is 18. The van der Waals surface area contributed by atoms with Gasteiger partial charge in [-0.05, 0) is 42.5 Å². The van der Waals surface area contributed by atoms with Crippen molar-refractivity contribution in [3.05, 3.63) is 51.4 Å². The normalized spacial score (nSPS) is 12.8. The second-order valence-corrected chi connectivity index (χ2v) is 16.4. The van der Waals surface area contributed by atoms with Gasteiger partial charge in [-0.1, -0.05) is 83.1 Å². The maximum atomic E-state index is 9.50. The second-order valence-electron chi connectivity index (χ2n) is 16.4. The van der Waals surface area contributed by atoms with Crippen LogP contribution in [0.5, 0.6) is 0 Å². The maximum absolute atomic E-state index is 9.50. The summed E-state index contributed by atoms with van der Waals surface area (Å²) in [6.45, 7) is 35.1. The molecule has 6 aromatic heterocycles. The van der Waals surface area contributed by atoms with Crippen LogP contribution in [0, 0.1) is 31.8 Å². The van der Waals surface area contributed by atoms with Gasteiger partial charge in [0.2, 0.25) is 5.69 Å². The largest absolute Gasteiger partial charge is 0.365 e. The molecule has 0 saturated carbocycles. The summed E-state index contributed by atoms with van der Waals surface area (Å²) >= 11 is 0. The fraction of sp³-hybridized carbons (Fsp3) is 0.529. The Morgan fingerprint density at radius 1 is 0.604 bits per heavy atom. The molecule has 0 aliphatic carbocycles. The predicted octanol–water partition coefficient (Wildman–Crippen LogP) is 7.14. The van der Waals surface area contributed by atoms with Crippen LogP contribution in [0.15, 0.2) is 20.5 Å². The first kappa shape index (κ1) is 40.2. The molecule has 0 spiro atoms. The molecule has 6 heterocycles. The minimum Gasteiger partial charge on any atom is -0.365 e. The molecule has 6 aromatic rings. The molecule has 53 heavy (non-hydrogen) atoms. The molecular weight excluding hydrogens is 719 g/mol. The van der Waals surface area contributed by atoms with Crippen molar-refractivity contribution in [3.8, 4) is 6.07 Å². The molecule has 0 fully saturated rings. The van der Waals surface area contributed by atoms with Crippen LogP contribution in [0.4, 0.5) is 28.7 Å². The summed E-state index contributed by atoms with van der Waals surface area (Å²) in [5.41, 5.74) is 4.35. The van der Waals surface area contributed by atoms with Crippen LogP contribution in [0.3, 0.4) is 0 Å². The van der Waals surface area contributed by atoms with Crippen LogP contribution in [0.2, 0.25) is 0 Å². The van der Waals surface area contributed by atoms with Gasteiger partial charge < -0.3 is 40.6 Å². The van der Waals surface area contributed by atoms with E-state index in [1.54, 1.807) is 13.8 Å². The summed E-state index contributed by atoms with van der Waals surface area (Å²) in [5.74, 6) is 1.62. The van der Waals surface area contributed by atoms with Gasteiger partial charge in [0, 0.05) is 33.0 Å². The average molecular weight is 762 g/mol. The van der Waals surface area contributed by atoms with Gasteiger partial charge in [0.15, 0.2) is 0 Å². The maximum Gasteiger partial charge on any atom is 0.210 e. The van der Waals surface area contributed by atoms with E-state index in [1.807, 2.05) is 83.1 Å². The van der Waals surface area contributed by atoms with Gasteiger partial charge in [-0.15, -0.1) is 0 Å². The molecule has 0 atom stereocenters. The van der Waals surface area contributed by atoms with Crippen molar-refractivity contribution in [1.29, 1.82) is 5.26 Å². The first-order chi connectivity index (χ1) is 24.0. The molecule has 18 nitrogen and oxygen atoms in total. The Bertz CT molecular complexity index is 2230. The van der Waals surface area contributed by atoms with Crippen LogP contribution in [-0.4, -0.2) is 39.9 Å². The zero-order valence-corrected chi connectivity index (χ0v) is 33.4. The van der Waals surface area contributed by atoms with Crippen LogP contribution in [-0.2, 0) is 38.4 Å². The van der Waals surface area contributed by atoms with Crippen molar-refractivity contribution in [2.45, 2.75) is 119 Å². The molecule has 0 N–H and O–H groups in total. The Balaban J connectivity index is 0.000000232. The van der Waals surface area contributed by atoms with Crippen LogP contribution >= 0.6 is 0 Å². The van der Waals surface area contributed by atoms with Gasteiger partial charge >= 0.3 is 0 Å². The standard InChI is InChI=1S/2C17H21N9.Co/c1-9-19-15-11(13(17(5,6)7)25-26(15)24-9)20-22-14-10(18-8)12(21-23-14)16(2,3)4;1-9-19-15-11(13(17(5,6)7)25-26(15)24-9)20-22-14-10(8-18)12(21-23-14)16(2,3)4;/h2*1-7H3;/q2*-2;. The third-order valence-electron chi connectivity index (χ3n) is 7.60. The molecule has 0 aromatic carbocycles. The van der Waals surface area contributed by atoms with E-state index in [0.29, 0.717) is 57.0 Å². The van der Waals surface area contributed by atoms with Crippen LogP contribution in [0.1, 0.15) is 123 Å². The van der Waals surface area contributed by atoms with Crippen molar-refractivity contribution >= 4 is 40.0 Å². The van der Waals surface area contributed by atoms with Crippen LogP contribution in [0.25, 0.3) is 16.1 Å². The fourth-order valence-electron chi connectivity index (χ4n) is 5.10. The smallest absolute Gasteiger partial charge is 0.210 e. The second kappa shape index (κ2) is 14.1. The molecule has 19 heteroatoms.